The third-order valence-electron chi connectivity index (χ3n) is 6.04. The minimum atomic E-state index is -4.88. The lowest BCUT2D eigenvalue weighted by Crippen LogP contribution is -2.37. The van der Waals surface area contributed by atoms with E-state index in [0.29, 0.717) is 11.1 Å². The number of carbonyl (C=O) groups is 2. The molecule has 4 aromatic rings. The van der Waals surface area contributed by atoms with Crippen LogP contribution in [-0.2, 0) is 18.6 Å². The number of phosphoric ester groups is 1. The van der Waals surface area contributed by atoms with Gasteiger partial charge in [-0.25, -0.2) is 24.3 Å². The number of phosphoric acid groups is 1. The summed E-state index contributed by atoms with van der Waals surface area (Å²) in [7, 11) is -4.88. The van der Waals surface area contributed by atoms with Crippen LogP contribution in [-0.4, -0.2) is 71.1 Å². The minimum absolute atomic E-state index is 0.0809. The Bertz CT molecular complexity index is 1560. The maximum absolute atomic E-state index is 13.1. The van der Waals surface area contributed by atoms with E-state index in [1.165, 1.54) is 41.5 Å². The Kier molecular flexibility index (Phi) is 7.23. The second-order valence-electron chi connectivity index (χ2n) is 8.57. The van der Waals surface area contributed by atoms with Crippen LogP contribution in [0, 0.1) is 0 Å². The number of hydrogen-bond donors (Lipinski definition) is 4. The summed E-state index contributed by atoms with van der Waals surface area (Å²) in [5.74, 6) is -0.991. The highest BCUT2D eigenvalue weighted by Crippen LogP contribution is 2.40. The number of carbonyl (C=O) groups excluding carboxylic acids is 2. The standard InChI is InChI=1S/C24H22N5O9P/c25-21-17-22(27-11-26-21)29(12-28-17)23-20(19(31)16(37-23)10-36-39(33,34)35)38-24(32)15-8-6-14(7-9-15)18(30)13-4-2-1-3-5-13/h1-9,11-12,16,19-20,23,31H,10H2,(H2,25,26,27)(H2,33,34,35)/t16-,19-,20-,23-/m1/s1. The number of anilines is 1. The summed E-state index contributed by atoms with van der Waals surface area (Å²) in [4.78, 5) is 56.0. The first-order chi connectivity index (χ1) is 18.6. The zero-order valence-electron chi connectivity index (χ0n) is 20.0. The SMILES string of the molecule is Nc1ncnc2c1ncn2[C@@H]1O[C@H](COP(=O)(O)O)[C@@H](O)[C@H]1OC(=O)c1ccc(C(=O)c2ccccc2)cc1. The van der Waals surface area contributed by atoms with Gasteiger partial charge in [-0.3, -0.25) is 13.9 Å². The Morgan fingerprint density at radius 2 is 1.67 bits per heavy atom. The summed E-state index contributed by atoms with van der Waals surface area (Å²) in [6.45, 7) is -0.698. The number of nitrogens with two attached hydrogens (primary N) is 1. The van der Waals surface area contributed by atoms with Crippen LogP contribution in [0.4, 0.5) is 5.82 Å². The molecule has 1 saturated heterocycles. The second kappa shape index (κ2) is 10.6. The van der Waals surface area contributed by atoms with E-state index in [4.69, 9.17) is 25.0 Å². The molecule has 2 aromatic carbocycles. The first kappa shape index (κ1) is 26.6. The minimum Gasteiger partial charge on any atom is -0.451 e. The number of imidazole rings is 1. The number of rotatable bonds is 8. The van der Waals surface area contributed by atoms with Crippen LogP contribution in [0.25, 0.3) is 11.2 Å². The smallest absolute Gasteiger partial charge is 0.451 e. The molecule has 4 atom stereocenters. The van der Waals surface area contributed by atoms with Crippen LogP contribution in [0.2, 0.25) is 0 Å². The Labute approximate surface area is 220 Å². The molecule has 5 N–H and O–H groups in total. The number of esters is 1. The maximum atomic E-state index is 13.1. The third kappa shape index (κ3) is 5.56. The lowest BCUT2D eigenvalue weighted by Gasteiger charge is -2.22. The van der Waals surface area contributed by atoms with Crippen molar-refractivity contribution in [2.75, 3.05) is 12.3 Å². The van der Waals surface area contributed by atoms with E-state index in [9.17, 15) is 19.3 Å². The molecule has 0 amide bonds. The summed E-state index contributed by atoms with van der Waals surface area (Å²) in [6, 6.07) is 14.4. The van der Waals surface area contributed by atoms with Crippen molar-refractivity contribution in [2.45, 2.75) is 24.5 Å². The highest BCUT2D eigenvalue weighted by molar-refractivity contribution is 7.46. The molecular weight excluding hydrogens is 533 g/mol. The predicted molar refractivity (Wildman–Crippen MR) is 133 cm³/mol. The molecule has 0 spiro atoms. The van der Waals surface area contributed by atoms with E-state index in [1.807, 2.05) is 0 Å². The fourth-order valence-electron chi connectivity index (χ4n) is 4.14. The van der Waals surface area contributed by atoms with Crippen LogP contribution in [0.3, 0.4) is 0 Å². The van der Waals surface area contributed by atoms with Gasteiger partial charge in [0.05, 0.1) is 18.5 Å². The highest BCUT2D eigenvalue weighted by Gasteiger charge is 2.48. The van der Waals surface area contributed by atoms with E-state index in [-0.39, 0.29) is 28.3 Å². The van der Waals surface area contributed by atoms with Gasteiger partial charge in [-0.05, 0) is 12.1 Å². The summed E-state index contributed by atoms with van der Waals surface area (Å²) in [5.41, 5.74) is 7.22. The first-order valence-electron chi connectivity index (χ1n) is 11.5. The van der Waals surface area contributed by atoms with Crippen LogP contribution in [0.5, 0.6) is 0 Å². The molecule has 1 aliphatic heterocycles. The maximum Gasteiger partial charge on any atom is 0.469 e. The topological polar surface area (TPSA) is 209 Å². The van der Waals surface area contributed by atoms with Gasteiger partial charge in [-0.1, -0.05) is 42.5 Å². The fourth-order valence-corrected chi connectivity index (χ4v) is 4.48. The van der Waals surface area contributed by atoms with Crippen molar-refractivity contribution in [3.63, 3.8) is 0 Å². The van der Waals surface area contributed by atoms with Crippen molar-refractivity contribution in [3.8, 4) is 0 Å². The quantitative estimate of drug-likeness (QED) is 0.137. The van der Waals surface area contributed by atoms with Crippen molar-refractivity contribution < 1.29 is 43.0 Å². The molecule has 5 rings (SSSR count). The number of aliphatic hydroxyl groups excluding tert-OH is 1. The summed E-state index contributed by atoms with van der Waals surface area (Å²) >= 11 is 0. The van der Waals surface area contributed by atoms with E-state index in [0.717, 1.165) is 0 Å². The largest absolute Gasteiger partial charge is 0.469 e. The van der Waals surface area contributed by atoms with Gasteiger partial charge >= 0.3 is 13.8 Å². The number of hydrogen-bond acceptors (Lipinski definition) is 11. The number of aromatic nitrogens is 4. The van der Waals surface area contributed by atoms with E-state index in [2.05, 4.69) is 19.5 Å². The number of aliphatic hydroxyl groups is 1. The number of benzene rings is 2. The van der Waals surface area contributed by atoms with E-state index in [1.54, 1.807) is 30.3 Å². The van der Waals surface area contributed by atoms with Crippen molar-refractivity contribution in [1.82, 2.24) is 19.5 Å². The van der Waals surface area contributed by atoms with Crippen molar-refractivity contribution >= 4 is 36.6 Å². The van der Waals surface area contributed by atoms with Gasteiger partial charge in [-0.15, -0.1) is 0 Å². The van der Waals surface area contributed by atoms with Crippen LogP contribution in [0.15, 0.2) is 67.3 Å². The molecule has 2 aromatic heterocycles. The average molecular weight is 555 g/mol. The number of fused-ring (bicyclic) bond motifs is 1. The normalized spacial score (nSPS) is 21.2. The summed E-state index contributed by atoms with van der Waals surface area (Å²) in [5, 5.41) is 10.9. The van der Waals surface area contributed by atoms with Gasteiger partial charge in [0.15, 0.2) is 29.6 Å². The molecule has 15 heteroatoms. The number of nitrogen functional groups attached to an aromatic ring is 1. The van der Waals surface area contributed by atoms with Gasteiger partial charge in [0, 0.05) is 11.1 Å². The Morgan fingerprint density at radius 1 is 1.00 bits per heavy atom. The third-order valence-corrected chi connectivity index (χ3v) is 6.53. The van der Waals surface area contributed by atoms with Gasteiger partial charge in [-0.2, -0.15) is 0 Å². The Hall–Kier alpha value is -4.04. The van der Waals surface area contributed by atoms with Gasteiger partial charge in [0.25, 0.3) is 0 Å². The zero-order chi connectivity index (χ0) is 27.7. The summed E-state index contributed by atoms with van der Waals surface area (Å²) < 4.78 is 28.5. The van der Waals surface area contributed by atoms with E-state index >= 15 is 0 Å². The molecular formula is C24H22N5O9P. The lowest BCUT2D eigenvalue weighted by molar-refractivity contribution is -0.0558. The molecule has 0 bridgehead atoms. The molecule has 1 fully saturated rings. The fraction of sp³-hybridized carbons (Fsp3) is 0.208. The molecule has 202 valence electrons. The molecule has 0 saturated carbocycles. The molecule has 3 heterocycles. The molecule has 1 aliphatic rings. The Balaban J connectivity index is 1.39. The van der Waals surface area contributed by atoms with Gasteiger partial charge in [0.1, 0.15) is 24.1 Å². The van der Waals surface area contributed by atoms with Crippen molar-refractivity contribution in [2.24, 2.45) is 0 Å². The van der Waals surface area contributed by atoms with E-state index < -0.39 is 44.9 Å². The lowest BCUT2D eigenvalue weighted by atomic mass is 10.0. The van der Waals surface area contributed by atoms with Crippen LogP contribution in [0.1, 0.15) is 32.5 Å². The molecule has 14 nitrogen and oxygen atoms in total. The van der Waals surface area contributed by atoms with Gasteiger partial charge < -0.3 is 30.1 Å². The monoisotopic (exact) mass is 555 g/mol. The number of ether oxygens (including phenoxy) is 2. The van der Waals surface area contributed by atoms with Crippen LogP contribution >= 0.6 is 7.82 Å². The molecule has 0 radical (unpaired) electrons. The zero-order valence-corrected chi connectivity index (χ0v) is 20.9. The Morgan fingerprint density at radius 3 is 2.36 bits per heavy atom. The molecule has 0 aliphatic carbocycles. The molecule has 0 unspecified atom stereocenters. The van der Waals surface area contributed by atoms with Crippen LogP contribution < -0.4 is 5.73 Å². The predicted octanol–water partition coefficient (Wildman–Crippen LogP) is 1.23. The number of ketones is 1. The van der Waals surface area contributed by atoms with Crippen molar-refractivity contribution in [3.05, 3.63) is 83.9 Å². The van der Waals surface area contributed by atoms with Gasteiger partial charge in [0.2, 0.25) is 0 Å². The first-order valence-corrected chi connectivity index (χ1v) is 13.0. The summed E-state index contributed by atoms with van der Waals surface area (Å²) in [6.07, 6.45) is -2.95. The second-order valence-corrected chi connectivity index (χ2v) is 9.81. The highest BCUT2D eigenvalue weighted by atomic mass is 31.2. The van der Waals surface area contributed by atoms with Crippen molar-refractivity contribution in [1.29, 1.82) is 0 Å². The number of nitrogens with zero attached hydrogens (tertiary/aromatic N) is 4. The molecule has 39 heavy (non-hydrogen) atoms. The average Bonchev–Trinajstić information content (AvgIpc) is 3.49.